The van der Waals surface area contributed by atoms with Crippen molar-refractivity contribution in [1.82, 2.24) is 29.5 Å². The van der Waals surface area contributed by atoms with E-state index in [-0.39, 0.29) is 29.5 Å². The fraction of sp³-hybridized carbons (Fsp3) is 0.250. The van der Waals surface area contributed by atoms with E-state index >= 15 is 0 Å². The van der Waals surface area contributed by atoms with Gasteiger partial charge in [0.15, 0.2) is 29.1 Å². The number of anilines is 1. The van der Waals surface area contributed by atoms with Crippen molar-refractivity contribution in [2.45, 2.75) is 18.7 Å². The van der Waals surface area contributed by atoms with E-state index in [0.29, 0.717) is 16.9 Å². The number of halogens is 4. The van der Waals surface area contributed by atoms with E-state index in [1.807, 2.05) is 0 Å². The Morgan fingerprint density at radius 2 is 1.97 bits per heavy atom. The molecule has 3 aromatic heterocycles. The second-order valence-corrected chi connectivity index (χ2v) is 6.92. The van der Waals surface area contributed by atoms with E-state index < -0.39 is 24.6 Å². The van der Waals surface area contributed by atoms with Crippen molar-refractivity contribution in [3.05, 3.63) is 60.1 Å². The molecule has 0 bridgehead atoms. The molecule has 0 saturated heterocycles. The molecule has 0 fully saturated rings. The highest BCUT2D eigenvalue weighted by atomic mass is 19.4. The molecule has 13 heteroatoms. The molecular formula is C20H17F4N7O2. The number of nitrogens with zero attached hydrogens (tertiary/aromatic N) is 6. The van der Waals surface area contributed by atoms with Crippen molar-refractivity contribution in [3.8, 4) is 17.3 Å². The van der Waals surface area contributed by atoms with Gasteiger partial charge in [-0.1, -0.05) is 18.2 Å². The van der Waals surface area contributed by atoms with E-state index in [1.54, 1.807) is 18.2 Å². The maximum absolute atomic E-state index is 14.2. The van der Waals surface area contributed by atoms with Crippen molar-refractivity contribution in [1.29, 1.82) is 0 Å². The number of rotatable bonds is 7. The third kappa shape index (κ3) is 4.82. The summed E-state index contributed by atoms with van der Waals surface area (Å²) in [4.78, 5) is 17.0. The summed E-state index contributed by atoms with van der Waals surface area (Å²) in [6.07, 6.45) is -3.22. The largest absolute Gasteiger partial charge is 0.491 e. The van der Waals surface area contributed by atoms with E-state index in [4.69, 9.17) is 4.74 Å². The maximum Gasteiger partial charge on any atom is 0.416 e. The smallest absolute Gasteiger partial charge is 0.416 e. The molecule has 172 valence electrons. The van der Waals surface area contributed by atoms with Gasteiger partial charge in [-0.05, 0) is 11.6 Å². The quantitative estimate of drug-likeness (QED) is 0.403. The number of aromatic nitrogens is 6. The molecule has 0 saturated carbocycles. The Morgan fingerprint density at radius 3 is 2.70 bits per heavy atom. The first-order valence-corrected chi connectivity index (χ1v) is 9.59. The highest BCUT2D eigenvalue weighted by Crippen LogP contribution is 2.26. The molecule has 4 aromatic rings. The lowest BCUT2D eigenvalue weighted by Gasteiger charge is -2.17. The first-order chi connectivity index (χ1) is 15.8. The van der Waals surface area contributed by atoms with Crippen LogP contribution in [0, 0.1) is 5.82 Å². The third-order valence-electron chi connectivity index (χ3n) is 4.69. The number of alkyl halides is 3. The van der Waals surface area contributed by atoms with Crippen LogP contribution < -0.4 is 10.1 Å². The van der Waals surface area contributed by atoms with Gasteiger partial charge in [-0.25, -0.2) is 28.8 Å². The van der Waals surface area contributed by atoms with Crippen LogP contribution in [0.2, 0.25) is 0 Å². The SMILES string of the molecule is COc1cnc(-c2cn3ncnc3c(Cc3ccccc3F)n2)nc1NCC(O)C(F)(F)F. The van der Waals surface area contributed by atoms with E-state index in [2.05, 4.69) is 30.4 Å². The molecule has 0 spiro atoms. The van der Waals surface area contributed by atoms with Gasteiger partial charge in [-0.2, -0.15) is 18.3 Å². The average Bonchev–Trinajstić information content (AvgIpc) is 3.27. The van der Waals surface area contributed by atoms with Crippen LogP contribution in [0.5, 0.6) is 5.75 Å². The van der Waals surface area contributed by atoms with Gasteiger partial charge in [0.1, 0.15) is 17.8 Å². The van der Waals surface area contributed by atoms with E-state index in [1.165, 1.54) is 36.4 Å². The second kappa shape index (κ2) is 8.94. The first-order valence-electron chi connectivity index (χ1n) is 9.59. The summed E-state index contributed by atoms with van der Waals surface area (Å²) in [7, 11) is 1.30. The van der Waals surface area contributed by atoms with Gasteiger partial charge >= 0.3 is 6.18 Å². The Morgan fingerprint density at radius 1 is 1.18 bits per heavy atom. The zero-order chi connectivity index (χ0) is 23.6. The molecule has 0 amide bonds. The van der Waals surface area contributed by atoms with Gasteiger partial charge in [-0.3, -0.25) is 0 Å². The third-order valence-corrected chi connectivity index (χ3v) is 4.69. The second-order valence-electron chi connectivity index (χ2n) is 6.92. The van der Waals surface area contributed by atoms with Crippen LogP contribution in [0.25, 0.3) is 17.2 Å². The molecule has 0 aliphatic rings. The summed E-state index contributed by atoms with van der Waals surface area (Å²) in [6, 6.07) is 6.22. The average molecular weight is 463 g/mol. The van der Waals surface area contributed by atoms with Crippen LogP contribution in [-0.2, 0) is 6.42 Å². The Hall–Kier alpha value is -3.87. The van der Waals surface area contributed by atoms with Crippen molar-refractivity contribution in [2.75, 3.05) is 19.0 Å². The summed E-state index contributed by atoms with van der Waals surface area (Å²) in [5, 5.41) is 15.8. The van der Waals surface area contributed by atoms with Gasteiger partial charge < -0.3 is 15.2 Å². The minimum Gasteiger partial charge on any atom is -0.491 e. The Balaban J connectivity index is 1.70. The standard InChI is InChI=1S/C20H17F4N7O2/c1-33-15-7-25-17(30-18(15)26-8-16(32)20(22,23)24)14-9-31-19(27-10-28-31)13(29-14)6-11-4-2-3-5-12(11)21/h2-5,7,9-10,16,32H,6,8H2,1H3,(H,25,26,30). The highest BCUT2D eigenvalue weighted by Gasteiger charge is 2.38. The molecule has 3 heterocycles. The zero-order valence-electron chi connectivity index (χ0n) is 17.1. The van der Waals surface area contributed by atoms with Crippen LogP contribution in [0.15, 0.2) is 43.0 Å². The van der Waals surface area contributed by atoms with Crippen molar-refractivity contribution >= 4 is 11.5 Å². The van der Waals surface area contributed by atoms with Crippen LogP contribution >= 0.6 is 0 Å². The number of benzene rings is 1. The van der Waals surface area contributed by atoms with Gasteiger partial charge in [-0.15, -0.1) is 0 Å². The monoisotopic (exact) mass is 463 g/mol. The Labute approximate surface area is 184 Å². The predicted molar refractivity (Wildman–Crippen MR) is 108 cm³/mol. The fourth-order valence-electron chi connectivity index (χ4n) is 3.02. The number of fused-ring (bicyclic) bond motifs is 1. The summed E-state index contributed by atoms with van der Waals surface area (Å²) >= 11 is 0. The van der Waals surface area contributed by atoms with Gasteiger partial charge in [0, 0.05) is 6.42 Å². The predicted octanol–water partition coefficient (Wildman–Crippen LogP) is 2.65. The van der Waals surface area contributed by atoms with Gasteiger partial charge in [0.2, 0.25) is 0 Å². The molecular weight excluding hydrogens is 446 g/mol. The summed E-state index contributed by atoms with van der Waals surface area (Å²) in [5.74, 6) is -0.353. The minimum absolute atomic E-state index is 0.0481. The van der Waals surface area contributed by atoms with Gasteiger partial charge in [0.05, 0.1) is 31.7 Å². The van der Waals surface area contributed by atoms with E-state index in [0.717, 1.165) is 0 Å². The highest BCUT2D eigenvalue weighted by molar-refractivity contribution is 5.59. The zero-order valence-corrected chi connectivity index (χ0v) is 17.1. The summed E-state index contributed by atoms with van der Waals surface area (Å²) in [5.41, 5.74) is 1.42. The molecule has 0 aliphatic heterocycles. The number of ether oxygens (including phenoxy) is 1. The topological polar surface area (TPSA) is 110 Å². The van der Waals surface area contributed by atoms with Crippen LogP contribution in [-0.4, -0.2) is 60.6 Å². The lowest BCUT2D eigenvalue weighted by atomic mass is 10.1. The van der Waals surface area contributed by atoms with Crippen molar-refractivity contribution in [2.24, 2.45) is 0 Å². The van der Waals surface area contributed by atoms with Crippen LogP contribution in [0.1, 0.15) is 11.3 Å². The number of hydrogen-bond acceptors (Lipinski definition) is 8. The molecule has 1 atom stereocenters. The molecule has 9 nitrogen and oxygen atoms in total. The molecule has 2 N–H and O–H groups in total. The number of nitrogens with one attached hydrogen (secondary N) is 1. The van der Waals surface area contributed by atoms with Gasteiger partial charge in [0.25, 0.3) is 0 Å². The van der Waals surface area contributed by atoms with Crippen molar-refractivity contribution in [3.63, 3.8) is 0 Å². The Bertz CT molecular complexity index is 1280. The molecule has 1 unspecified atom stereocenters. The number of aliphatic hydroxyl groups excluding tert-OH is 1. The van der Waals surface area contributed by atoms with Crippen LogP contribution in [0.4, 0.5) is 23.4 Å². The molecule has 0 aliphatic carbocycles. The van der Waals surface area contributed by atoms with E-state index in [9.17, 15) is 22.7 Å². The lowest BCUT2D eigenvalue weighted by molar-refractivity contribution is -0.198. The molecule has 0 radical (unpaired) electrons. The number of methoxy groups -OCH3 is 1. The molecule has 4 rings (SSSR count). The number of aliphatic hydroxyl groups is 1. The Kier molecular flexibility index (Phi) is 6.05. The van der Waals surface area contributed by atoms with Crippen LogP contribution in [0.3, 0.4) is 0 Å². The lowest BCUT2D eigenvalue weighted by Crippen LogP contribution is -2.35. The first kappa shape index (κ1) is 22.3. The summed E-state index contributed by atoms with van der Waals surface area (Å²) < 4.78 is 58.6. The molecule has 33 heavy (non-hydrogen) atoms. The molecule has 1 aromatic carbocycles. The minimum atomic E-state index is -4.79. The maximum atomic E-state index is 14.2. The number of hydrogen-bond donors (Lipinski definition) is 2. The normalized spacial score (nSPS) is 12.7. The van der Waals surface area contributed by atoms with Crippen molar-refractivity contribution < 1.29 is 27.4 Å². The summed E-state index contributed by atoms with van der Waals surface area (Å²) in [6.45, 7) is -0.843. The fourth-order valence-corrected chi connectivity index (χ4v) is 3.02.